The first-order valence-corrected chi connectivity index (χ1v) is 7.17. The molecule has 0 saturated heterocycles. The van der Waals surface area contributed by atoms with Gasteiger partial charge in [0.2, 0.25) is 5.91 Å². The topological polar surface area (TPSA) is 29.1 Å². The number of amides is 1. The third-order valence-electron chi connectivity index (χ3n) is 3.49. The molecule has 1 aliphatic rings. The van der Waals surface area contributed by atoms with Crippen LogP contribution in [0.4, 0.5) is 0 Å². The van der Waals surface area contributed by atoms with Crippen molar-refractivity contribution >= 4 is 17.5 Å². The minimum absolute atomic E-state index is 0.0162. The van der Waals surface area contributed by atoms with Gasteiger partial charge in [-0.3, -0.25) is 4.79 Å². The average Bonchev–Trinajstić information content (AvgIpc) is 2.67. The molecule has 18 heavy (non-hydrogen) atoms. The number of hydrogen-bond acceptors (Lipinski definition) is 1. The first kappa shape index (κ1) is 13.4. The Balaban J connectivity index is 1.95. The summed E-state index contributed by atoms with van der Waals surface area (Å²) in [6, 6.07) is 8.16. The zero-order valence-corrected chi connectivity index (χ0v) is 11.5. The van der Waals surface area contributed by atoms with Crippen LogP contribution in [0.3, 0.4) is 0 Å². The van der Waals surface area contributed by atoms with Crippen molar-refractivity contribution in [2.45, 2.75) is 50.4 Å². The highest BCUT2D eigenvalue weighted by Gasteiger charge is 2.31. The molecule has 0 spiro atoms. The van der Waals surface area contributed by atoms with E-state index >= 15 is 0 Å². The number of halogens is 1. The van der Waals surface area contributed by atoms with Crippen LogP contribution in [0.25, 0.3) is 0 Å². The predicted octanol–water partition coefficient (Wildman–Crippen LogP) is 3.59. The predicted molar refractivity (Wildman–Crippen MR) is 74.8 cm³/mol. The number of benzene rings is 1. The van der Waals surface area contributed by atoms with Gasteiger partial charge >= 0.3 is 0 Å². The number of nitrogens with one attached hydrogen (secondary N) is 1. The minimum atomic E-state index is -0.0167. The largest absolute Gasteiger partial charge is 0.348 e. The van der Waals surface area contributed by atoms with Gasteiger partial charge in [-0.1, -0.05) is 44.0 Å². The van der Waals surface area contributed by atoms with Crippen molar-refractivity contribution < 1.29 is 4.79 Å². The summed E-state index contributed by atoms with van der Waals surface area (Å²) in [4.78, 5) is 11.9. The Kier molecular flexibility index (Phi) is 4.65. The zero-order chi connectivity index (χ0) is 13.0. The summed E-state index contributed by atoms with van der Waals surface area (Å²) in [5.41, 5.74) is 2.44. The standard InChI is InChI=1S/C15H20ClNO/c1-2-3-4-9-14(18)17-15-12-8-6-5-7-11(12)10-13(15)16/h5-8,13,15H,2-4,9-10H2,1H3,(H,17,18). The molecule has 1 aromatic rings. The molecule has 1 aromatic carbocycles. The Hall–Kier alpha value is -1.02. The van der Waals surface area contributed by atoms with Gasteiger partial charge in [-0.05, 0) is 24.0 Å². The normalized spacial score (nSPS) is 21.7. The molecule has 2 unspecified atom stereocenters. The van der Waals surface area contributed by atoms with E-state index in [1.165, 1.54) is 11.1 Å². The quantitative estimate of drug-likeness (QED) is 0.640. The summed E-state index contributed by atoms with van der Waals surface area (Å²) in [7, 11) is 0. The number of rotatable bonds is 5. The van der Waals surface area contributed by atoms with E-state index in [1.807, 2.05) is 12.1 Å². The van der Waals surface area contributed by atoms with E-state index in [-0.39, 0.29) is 17.3 Å². The van der Waals surface area contributed by atoms with Crippen molar-refractivity contribution in [3.05, 3.63) is 35.4 Å². The lowest BCUT2D eigenvalue weighted by Gasteiger charge is -2.17. The molecule has 2 rings (SSSR count). The lowest BCUT2D eigenvalue weighted by molar-refractivity contribution is -0.121. The second-order valence-corrected chi connectivity index (χ2v) is 5.48. The van der Waals surface area contributed by atoms with Crippen molar-refractivity contribution in [2.24, 2.45) is 0 Å². The average molecular weight is 266 g/mol. The van der Waals surface area contributed by atoms with Gasteiger partial charge in [0.05, 0.1) is 11.4 Å². The Morgan fingerprint density at radius 2 is 2.17 bits per heavy atom. The molecule has 0 radical (unpaired) electrons. The lowest BCUT2D eigenvalue weighted by Crippen LogP contribution is -2.31. The van der Waals surface area contributed by atoms with Gasteiger partial charge in [0.15, 0.2) is 0 Å². The van der Waals surface area contributed by atoms with Crippen molar-refractivity contribution in [3.8, 4) is 0 Å². The van der Waals surface area contributed by atoms with Crippen molar-refractivity contribution in [3.63, 3.8) is 0 Å². The monoisotopic (exact) mass is 265 g/mol. The Morgan fingerprint density at radius 1 is 1.39 bits per heavy atom. The van der Waals surface area contributed by atoms with Gasteiger partial charge < -0.3 is 5.32 Å². The van der Waals surface area contributed by atoms with E-state index in [4.69, 9.17) is 11.6 Å². The minimum Gasteiger partial charge on any atom is -0.348 e. The summed E-state index contributed by atoms with van der Waals surface area (Å²) in [6.45, 7) is 2.14. The third kappa shape index (κ3) is 3.05. The highest BCUT2D eigenvalue weighted by atomic mass is 35.5. The van der Waals surface area contributed by atoms with E-state index in [9.17, 15) is 4.79 Å². The van der Waals surface area contributed by atoms with Gasteiger partial charge in [0, 0.05) is 6.42 Å². The maximum absolute atomic E-state index is 11.9. The van der Waals surface area contributed by atoms with Crippen LogP contribution < -0.4 is 5.32 Å². The maximum atomic E-state index is 11.9. The maximum Gasteiger partial charge on any atom is 0.220 e. The second kappa shape index (κ2) is 6.24. The summed E-state index contributed by atoms with van der Waals surface area (Å²) < 4.78 is 0. The van der Waals surface area contributed by atoms with Gasteiger partial charge in [0.1, 0.15) is 0 Å². The van der Waals surface area contributed by atoms with E-state index in [0.29, 0.717) is 6.42 Å². The van der Waals surface area contributed by atoms with Crippen molar-refractivity contribution in [1.82, 2.24) is 5.32 Å². The molecule has 0 aromatic heterocycles. The molecule has 1 amide bonds. The number of unbranched alkanes of at least 4 members (excludes halogenated alkanes) is 2. The smallest absolute Gasteiger partial charge is 0.220 e. The molecule has 2 nitrogen and oxygen atoms in total. The van der Waals surface area contributed by atoms with Crippen LogP contribution in [-0.2, 0) is 11.2 Å². The first-order valence-electron chi connectivity index (χ1n) is 6.73. The fraction of sp³-hybridized carbons (Fsp3) is 0.533. The highest BCUT2D eigenvalue weighted by Crippen LogP contribution is 2.34. The molecule has 1 N–H and O–H groups in total. The Morgan fingerprint density at radius 3 is 2.94 bits per heavy atom. The van der Waals surface area contributed by atoms with Gasteiger partial charge in [-0.2, -0.15) is 0 Å². The number of hydrogen-bond donors (Lipinski definition) is 1. The van der Waals surface area contributed by atoms with Crippen molar-refractivity contribution in [2.75, 3.05) is 0 Å². The molecule has 2 atom stereocenters. The van der Waals surface area contributed by atoms with Crippen LogP contribution in [0.2, 0.25) is 0 Å². The van der Waals surface area contributed by atoms with Gasteiger partial charge in [0.25, 0.3) is 0 Å². The molecule has 0 bridgehead atoms. The molecule has 0 aliphatic heterocycles. The van der Waals surface area contributed by atoms with Crippen LogP contribution >= 0.6 is 11.6 Å². The lowest BCUT2D eigenvalue weighted by atomic mass is 10.1. The molecule has 1 aliphatic carbocycles. The molecule has 0 fully saturated rings. The van der Waals surface area contributed by atoms with Crippen LogP contribution in [0.1, 0.15) is 49.8 Å². The molecule has 98 valence electrons. The van der Waals surface area contributed by atoms with E-state index < -0.39 is 0 Å². The number of alkyl halides is 1. The SMILES string of the molecule is CCCCCC(=O)NC1c2ccccc2CC1Cl. The molecule has 0 heterocycles. The molecule has 3 heteroatoms. The van der Waals surface area contributed by atoms with Crippen LogP contribution in [0, 0.1) is 0 Å². The van der Waals surface area contributed by atoms with Crippen LogP contribution in [-0.4, -0.2) is 11.3 Å². The molecular formula is C15H20ClNO. The zero-order valence-electron chi connectivity index (χ0n) is 10.8. The summed E-state index contributed by atoms with van der Waals surface area (Å²) in [5.74, 6) is 0.121. The number of carbonyl (C=O) groups is 1. The van der Waals surface area contributed by atoms with Crippen molar-refractivity contribution in [1.29, 1.82) is 0 Å². The summed E-state index contributed by atoms with van der Waals surface area (Å²) in [6.07, 6.45) is 4.66. The van der Waals surface area contributed by atoms with E-state index in [0.717, 1.165) is 25.7 Å². The summed E-state index contributed by atoms with van der Waals surface area (Å²) in [5, 5.41) is 3.06. The fourth-order valence-corrected chi connectivity index (χ4v) is 2.86. The first-order chi connectivity index (χ1) is 8.72. The number of fused-ring (bicyclic) bond motifs is 1. The van der Waals surface area contributed by atoms with Gasteiger partial charge in [-0.25, -0.2) is 0 Å². The van der Waals surface area contributed by atoms with Crippen LogP contribution in [0.15, 0.2) is 24.3 Å². The second-order valence-electron chi connectivity index (χ2n) is 4.92. The molecular weight excluding hydrogens is 246 g/mol. The Bertz CT molecular complexity index is 419. The van der Waals surface area contributed by atoms with E-state index in [1.54, 1.807) is 0 Å². The third-order valence-corrected chi connectivity index (χ3v) is 3.90. The number of carbonyl (C=O) groups excluding carboxylic acids is 1. The van der Waals surface area contributed by atoms with E-state index in [2.05, 4.69) is 24.4 Å². The summed E-state index contributed by atoms with van der Waals surface area (Å²) >= 11 is 6.33. The van der Waals surface area contributed by atoms with Crippen LogP contribution in [0.5, 0.6) is 0 Å². The Labute approximate surface area is 114 Å². The highest BCUT2D eigenvalue weighted by molar-refractivity contribution is 6.21. The van der Waals surface area contributed by atoms with Gasteiger partial charge in [-0.15, -0.1) is 11.6 Å². The fourth-order valence-electron chi connectivity index (χ4n) is 2.50. The molecule has 0 saturated carbocycles.